The number of nitrogens with zero attached hydrogens (tertiary/aromatic N) is 3. The Hall–Kier alpha value is -3.29. The molecule has 3 aromatic carbocycles. The van der Waals surface area contributed by atoms with Crippen molar-refractivity contribution in [3.05, 3.63) is 102 Å². The number of aliphatic imine (C=N–C) groups is 1. The summed E-state index contributed by atoms with van der Waals surface area (Å²) in [5.41, 5.74) is 4.43. The van der Waals surface area contributed by atoms with Crippen LogP contribution in [0.4, 0.5) is 5.69 Å². The minimum atomic E-state index is -3.93. The third-order valence-electron chi connectivity index (χ3n) is 4.93. The number of hydrogen-bond acceptors (Lipinski definition) is 4. The van der Waals surface area contributed by atoms with Crippen molar-refractivity contribution in [3.8, 4) is 0 Å². The Morgan fingerprint density at radius 2 is 1.39 bits per heavy atom. The van der Waals surface area contributed by atoms with Crippen LogP contribution in [0.5, 0.6) is 0 Å². The first-order valence-electron chi connectivity index (χ1n) is 9.69. The number of thiocarbonyl (C=S) groups is 1. The van der Waals surface area contributed by atoms with Gasteiger partial charge in [-0.2, -0.15) is 0 Å². The molecule has 0 saturated heterocycles. The van der Waals surface area contributed by atoms with E-state index in [1.807, 2.05) is 73.3 Å². The molecule has 1 heterocycles. The smallest absolute Gasteiger partial charge is 0.270 e. The summed E-state index contributed by atoms with van der Waals surface area (Å²) in [6, 6.07) is 24.2. The second-order valence-electron chi connectivity index (χ2n) is 7.23. The van der Waals surface area contributed by atoms with Gasteiger partial charge in [-0.1, -0.05) is 65.7 Å². The highest BCUT2D eigenvalue weighted by Gasteiger charge is 2.29. The molecule has 0 radical (unpaired) electrons. The number of aryl methyl sites for hydroxylation is 2. The maximum absolute atomic E-state index is 13.4. The number of anilines is 1. The van der Waals surface area contributed by atoms with Gasteiger partial charge in [0.2, 0.25) is 5.11 Å². The maximum atomic E-state index is 13.4. The lowest BCUT2D eigenvalue weighted by Gasteiger charge is -2.24. The minimum Gasteiger partial charge on any atom is -0.299 e. The molecule has 3 aromatic rings. The SMILES string of the molecule is Cc1ccc(N2C=NC(=S)N(S(=O)(=O)c3ccc(C)cc3)C=C2c2ccccc2)cc1. The molecule has 0 bridgehead atoms. The Bertz CT molecular complexity index is 1260. The Morgan fingerprint density at radius 3 is 2.00 bits per heavy atom. The van der Waals surface area contributed by atoms with E-state index in [0.29, 0.717) is 5.70 Å². The second kappa shape index (κ2) is 8.45. The van der Waals surface area contributed by atoms with Crippen LogP contribution in [0.1, 0.15) is 16.7 Å². The predicted octanol–water partition coefficient (Wildman–Crippen LogP) is 5.13. The zero-order valence-electron chi connectivity index (χ0n) is 17.1. The van der Waals surface area contributed by atoms with Crippen LogP contribution in [0.25, 0.3) is 5.70 Å². The Kier molecular flexibility index (Phi) is 5.71. The molecule has 1 aliphatic rings. The van der Waals surface area contributed by atoms with Crippen LogP contribution in [-0.4, -0.2) is 24.2 Å². The van der Waals surface area contributed by atoms with Crippen molar-refractivity contribution in [3.63, 3.8) is 0 Å². The quantitative estimate of drug-likeness (QED) is 0.521. The first kappa shape index (κ1) is 21.0. The molecule has 31 heavy (non-hydrogen) atoms. The lowest BCUT2D eigenvalue weighted by molar-refractivity contribution is 0.564. The first-order chi connectivity index (χ1) is 14.9. The maximum Gasteiger partial charge on any atom is 0.270 e. The second-order valence-corrected chi connectivity index (χ2v) is 9.41. The van der Waals surface area contributed by atoms with Gasteiger partial charge >= 0.3 is 0 Å². The molecule has 0 saturated carbocycles. The molecular weight excluding hydrogens is 426 g/mol. The van der Waals surface area contributed by atoms with E-state index in [1.165, 1.54) is 0 Å². The molecule has 0 aromatic heterocycles. The van der Waals surface area contributed by atoms with Gasteiger partial charge in [-0.3, -0.25) is 4.90 Å². The van der Waals surface area contributed by atoms with Crippen LogP contribution in [0.2, 0.25) is 0 Å². The van der Waals surface area contributed by atoms with Crippen LogP contribution in [0, 0.1) is 13.8 Å². The van der Waals surface area contributed by atoms with Crippen LogP contribution in [0.3, 0.4) is 0 Å². The van der Waals surface area contributed by atoms with Crippen LogP contribution in [-0.2, 0) is 10.0 Å². The zero-order chi connectivity index (χ0) is 22.0. The molecule has 0 aliphatic carbocycles. The summed E-state index contributed by atoms with van der Waals surface area (Å²) in [6.45, 7) is 3.92. The topological polar surface area (TPSA) is 53.0 Å². The summed E-state index contributed by atoms with van der Waals surface area (Å²) in [6.07, 6.45) is 3.11. The third-order valence-corrected chi connectivity index (χ3v) is 7.01. The average molecular weight is 448 g/mol. The highest BCUT2D eigenvalue weighted by atomic mass is 32.2. The molecular formula is C24H21N3O2S2. The van der Waals surface area contributed by atoms with Crippen LogP contribution >= 0.6 is 12.2 Å². The van der Waals surface area contributed by atoms with Gasteiger partial charge in [-0.15, -0.1) is 0 Å². The molecule has 0 spiro atoms. The van der Waals surface area contributed by atoms with Gasteiger partial charge in [0.05, 0.1) is 10.6 Å². The van der Waals surface area contributed by atoms with Gasteiger partial charge in [0.15, 0.2) is 0 Å². The van der Waals surface area contributed by atoms with E-state index < -0.39 is 10.0 Å². The molecule has 1 aliphatic heterocycles. The molecule has 4 rings (SSSR count). The number of sulfonamides is 1. The molecule has 0 amide bonds. The van der Waals surface area contributed by atoms with E-state index in [4.69, 9.17) is 12.2 Å². The van der Waals surface area contributed by atoms with E-state index in [9.17, 15) is 8.42 Å². The molecule has 5 nitrogen and oxygen atoms in total. The summed E-state index contributed by atoms with van der Waals surface area (Å²) in [7, 11) is -3.93. The number of rotatable bonds is 4. The summed E-state index contributed by atoms with van der Waals surface area (Å²) in [4.78, 5) is 6.29. The average Bonchev–Trinajstić information content (AvgIpc) is 2.95. The Morgan fingerprint density at radius 1 is 0.806 bits per heavy atom. The normalized spacial score (nSPS) is 14.4. The Labute approximate surface area is 188 Å². The van der Waals surface area contributed by atoms with E-state index in [0.717, 1.165) is 26.7 Å². The fourth-order valence-electron chi connectivity index (χ4n) is 3.18. The predicted molar refractivity (Wildman–Crippen MR) is 129 cm³/mol. The van der Waals surface area contributed by atoms with Gasteiger partial charge in [-0.05, 0) is 50.3 Å². The molecule has 156 valence electrons. The van der Waals surface area contributed by atoms with Crippen molar-refractivity contribution in [2.75, 3.05) is 4.90 Å². The monoisotopic (exact) mass is 447 g/mol. The van der Waals surface area contributed by atoms with Crippen LogP contribution in [0.15, 0.2) is 95.0 Å². The number of hydrogen-bond donors (Lipinski definition) is 0. The first-order valence-corrected chi connectivity index (χ1v) is 11.5. The van der Waals surface area contributed by atoms with Crippen molar-refractivity contribution in [2.24, 2.45) is 4.99 Å². The summed E-state index contributed by atoms with van der Waals surface area (Å²) in [5.74, 6) is 0. The number of benzene rings is 3. The molecule has 0 atom stereocenters. The van der Waals surface area contributed by atoms with Crippen molar-refractivity contribution in [2.45, 2.75) is 18.7 Å². The van der Waals surface area contributed by atoms with Crippen molar-refractivity contribution in [1.82, 2.24) is 4.31 Å². The zero-order valence-corrected chi connectivity index (χ0v) is 18.8. The highest BCUT2D eigenvalue weighted by molar-refractivity contribution is 7.91. The van der Waals surface area contributed by atoms with E-state index in [-0.39, 0.29) is 10.0 Å². The van der Waals surface area contributed by atoms with Gasteiger partial charge < -0.3 is 0 Å². The van der Waals surface area contributed by atoms with E-state index in [1.54, 1.807) is 36.8 Å². The standard InChI is InChI=1S/C24H21N3O2S2/c1-18-8-12-21(13-9-18)26-17-25-24(30)27(16-23(26)20-6-4-3-5-7-20)31(28,29)22-14-10-19(2)11-15-22/h3-17H,1-2H3. The molecule has 0 unspecified atom stereocenters. The van der Waals surface area contributed by atoms with E-state index >= 15 is 0 Å². The summed E-state index contributed by atoms with van der Waals surface area (Å²) < 4.78 is 27.9. The molecule has 7 heteroatoms. The fraction of sp³-hybridized carbons (Fsp3) is 0.0833. The summed E-state index contributed by atoms with van der Waals surface area (Å²) >= 11 is 5.39. The molecule has 0 fully saturated rings. The third kappa shape index (κ3) is 4.28. The largest absolute Gasteiger partial charge is 0.299 e. The fourth-order valence-corrected chi connectivity index (χ4v) is 4.78. The molecule has 0 N–H and O–H groups in total. The summed E-state index contributed by atoms with van der Waals surface area (Å²) in [5, 5.41) is -0.0522. The van der Waals surface area contributed by atoms with Gasteiger partial charge in [0, 0.05) is 17.5 Å². The highest BCUT2D eigenvalue weighted by Crippen LogP contribution is 2.30. The van der Waals surface area contributed by atoms with Gasteiger partial charge in [0.1, 0.15) is 6.34 Å². The van der Waals surface area contributed by atoms with Gasteiger partial charge in [0.25, 0.3) is 10.0 Å². The van der Waals surface area contributed by atoms with Crippen LogP contribution < -0.4 is 4.90 Å². The van der Waals surface area contributed by atoms with Crippen molar-refractivity contribution in [1.29, 1.82) is 0 Å². The van der Waals surface area contributed by atoms with Crippen molar-refractivity contribution < 1.29 is 8.42 Å². The van der Waals surface area contributed by atoms with Gasteiger partial charge in [-0.25, -0.2) is 17.7 Å². The van der Waals surface area contributed by atoms with E-state index in [2.05, 4.69) is 4.99 Å². The lowest BCUT2D eigenvalue weighted by Crippen LogP contribution is -2.30. The van der Waals surface area contributed by atoms with Crippen molar-refractivity contribution >= 4 is 45.1 Å². The minimum absolute atomic E-state index is 0.0522. The lowest BCUT2D eigenvalue weighted by atomic mass is 10.1. The Balaban J connectivity index is 1.88.